The Morgan fingerprint density at radius 3 is 1.22 bits per heavy atom. The van der Waals surface area contributed by atoms with Crippen molar-refractivity contribution < 1.29 is 92.0 Å². The largest absolute Gasteiger partial charge is 0.460 e. The number of halogens is 17. The quantitative estimate of drug-likeness (QED) is 0.259. The van der Waals surface area contributed by atoms with E-state index in [-0.39, 0.29) is 0 Å². The maximum atomic E-state index is 13.7. The molecule has 214 valence electrons. The van der Waals surface area contributed by atoms with Gasteiger partial charge in [-0.15, -0.1) is 0 Å². The fraction of sp³-hybridized carbons (Fsp3) is 0.533. The molecule has 0 N–H and O–H groups in total. The lowest BCUT2D eigenvalue weighted by Crippen LogP contribution is -2.75. The van der Waals surface area contributed by atoms with Gasteiger partial charge in [-0.25, -0.2) is 4.79 Å². The molecule has 1 aromatic rings. The van der Waals surface area contributed by atoms with Crippen molar-refractivity contribution in [3.8, 4) is 0 Å². The predicted octanol–water partition coefficient (Wildman–Crippen LogP) is 5.93. The molecule has 4 nitrogen and oxygen atoms in total. The highest BCUT2D eigenvalue weighted by Gasteiger charge is 2.96. The van der Waals surface area contributed by atoms with Crippen LogP contribution in [0.25, 0.3) is 0 Å². The maximum Gasteiger partial charge on any atom is 0.460 e. The predicted molar refractivity (Wildman–Crippen MR) is 80.4 cm³/mol. The van der Waals surface area contributed by atoms with Crippen molar-refractivity contribution in [2.24, 2.45) is 0 Å². The molecule has 1 aromatic carbocycles. The molecule has 0 aliphatic rings. The van der Waals surface area contributed by atoms with E-state index in [0.29, 0.717) is 12.1 Å². The lowest BCUT2D eigenvalue weighted by atomic mass is 9.89. The molecule has 0 spiro atoms. The van der Waals surface area contributed by atoms with Crippen LogP contribution in [-0.2, 0) is 19.1 Å². The van der Waals surface area contributed by atoms with Crippen LogP contribution in [0.2, 0.25) is 0 Å². The van der Waals surface area contributed by atoms with Crippen LogP contribution < -0.4 is 0 Å². The Hall–Kier alpha value is -2.55. The van der Waals surface area contributed by atoms with E-state index in [1.807, 2.05) is 0 Å². The topological polar surface area (TPSA) is 60.4 Å². The molecular weight excluding hydrogens is 599 g/mol. The molecule has 0 aliphatic carbocycles. The van der Waals surface area contributed by atoms with Gasteiger partial charge in [-0.2, -0.15) is 83.1 Å². The van der Waals surface area contributed by atoms with E-state index in [1.165, 1.54) is 0 Å². The summed E-state index contributed by atoms with van der Waals surface area (Å²) in [6.07, 6.45) is -7.91. The van der Waals surface area contributed by atoms with Crippen molar-refractivity contribution in [1.29, 1.82) is 0 Å². The van der Waals surface area contributed by atoms with Crippen molar-refractivity contribution in [2.45, 2.75) is 52.5 Å². The SMILES string of the molecule is O=C(OS(=O)(=O)c1ccccc1)C(F)(F)C(F)(F)C(F)(F)C(F)(F)C(F)(F)C(F)(F)C(F)(F)C(F)(F)F. The maximum absolute atomic E-state index is 13.7. The monoisotopic (exact) mass is 604 g/mol. The Balaban J connectivity index is 3.61. The van der Waals surface area contributed by atoms with Crippen LogP contribution in [0.3, 0.4) is 0 Å². The van der Waals surface area contributed by atoms with Crippen LogP contribution in [0, 0.1) is 0 Å². The Kier molecular flexibility index (Phi) is 7.68. The first-order valence-corrected chi connectivity index (χ1v) is 9.64. The van der Waals surface area contributed by atoms with E-state index in [1.54, 1.807) is 0 Å². The first kappa shape index (κ1) is 32.5. The van der Waals surface area contributed by atoms with Crippen molar-refractivity contribution in [2.75, 3.05) is 0 Å². The zero-order valence-electron chi connectivity index (χ0n) is 16.4. The zero-order chi connectivity index (χ0) is 29.9. The van der Waals surface area contributed by atoms with Gasteiger partial charge in [0.2, 0.25) is 0 Å². The summed E-state index contributed by atoms with van der Waals surface area (Å²) in [5.74, 6) is -64.1. The smallest absolute Gasteiger partial charge is 0.336 e. The fourth-order valence-electron chi connectivity index (χ4n) is 2.08. The summed E-state index contributed by atoms with van der Waals surface area (Å²) in [4.78, 5) is 9.85. The molecule has 0 aliphatic heterocycles. The number of carbonyl (C=O) groups excluding carboxylic acids is 1. The Morgan fingerprint density at radius 1 is 0.541 bits per heavy atom. The van der Waals surface area contributed by atoms with Gasteiger partial charge in [0.05, 0.1) is 0 Å². The standard InChI is InChI=1S/C15H5F17O4S/c16-8(17,7(33)36-37(34,35)6-4-2-1-3-5-6)9(18,19)10(20,21)11(22,23)12(24,25)13(26,27)14(28,29)15(30,31)32/h1-5H. The molecule has 0 bridgehead atoms. The Labute approximate surface area is 192 Å². The van der Waals surface area contributed by atoms with Gasteiger partial charge in [0.1, 0.15) is 4.90 Å². The third-order valence-corrected chi connectivity index (χ3v) is 5.42. The first-order chi connectivity index (χ1) is 16.0. The van der Waals surface area contributed by atoms with Gasteiger partial charge < -0.3 is 4.18 Å². The molecule has 0 heterocycles. The van der Waals surface area contributed by atoms with Gasteiger partial charge in [-0.05, 0) is 12.1 Å². The molecule has 0 radical (unpaired) electrons. The van der Waals surface area contributed by atoms with E-state index in [4.69, 9.17) is 0 Å². The molecule has 22 heteroatoms. The van der Waals surface area contributed by atoms with Crippen molar-refractivity contribution in [3.63, 3.8) is 0 Å². The van der Waals surface area contributed by atoms with Crippen LogP contribution in [0.5, 0.6) is 0 Å². The number of alkyl halides is 17. The second-order valence-corrected chi connectivity index (χ2v) is 8.20. The highest BCUT2D eigenvalue weighted by molar-refractivity contribution is 7.87. The minimum absolute atomic E-state index is 0.394. The Morgan fingerprint density at radius 2 is 0.865 bits per heavy atom. The van der Waals surface area contributed by atoms with E-state index >= 15 is 0 Å². The second-order valence-electron chi connectivity index (χ2n) is 6.66. The van der Waals surface area contributed by atoms with Gasteiger partial charge in [-0.3, -0.25) is 0 Å². The van der Waals surface area contributed by atoms with E-state index in [2.05, 4.69) is 4.18 Å². The number of hydrogen-bond donors (Lipinski definition) is 0. The number of carbonyl (C=O) groups is 1. The van der Waals surface area contributed by atoms with Crippen LogP contribution in [0.15, 0.2) is 35.2 Å². The van der Waals surface area contributed by atoms with Gasteiger partial charge in [-0.1, -0.05) is 18.2 Å². The molecular formula is C15H5F17O4S. The molecule has 0 saturated carbocycles. The van der Waals surface area contributed by atoms with Gasteiger partial charge in [0.15, 0.2) is 0 Å². The minimum atomic E-state index is -8.91. The average molecular weight is 604 g/mol. The molecule has 0 saturated heterocycles. The lowest BCUT2D eigenvalue weighted by molar-refractivity contribution is -0.459. The number of hydrogen-bond acceptors (Lipinski definition) is 4. The second kappa shape index (κ2) is 8.75. The molecule has 1 rings (SSSR count). The molecule has 0 amide bonds. The first-order valence-electron chi connectivity index (χ1n) is 8.24. The number of rotatable bonds is 9. The molecule has 0 unspecified atom stereocenters. The third-order valence-electron chi connectivity index (χ3n) is 4.20. The zero-order valence-corrected chi connectivity index (χ0v) is 17.2. The van der Waals surface area contributed by atoms with Gasteiger partial charge >= 0.3 is 63.7 Å². The summed E-state index contributed by atoms with van der Waals surface area (Å²) in [5.41, 5.74) is 0. The van der Waals surface area contributed by atoms with E-state index < -0.39 is 68.6 Å². The summed E-state index contributed by atoms with van der Waals surface area (Å²) in [6, 6.07) is 3.34. The Bertz CT molecular complexity index is 1110. The summed E-state index contributed by atoms with van der Waals surface area (Å²) in [7, 11) is -5.96. The van der Waals surface area contributed by atoms with Gasteiger partial charge in [0, 0.05) is 0 Å². The molecule has 0 aromatic heterocycles. The summed E-state index contributed by atoms with van der Waals surface area (Å²) >= 11 is 0. The van der Waals surface area contributed by atoms with E-state index in [0.717, 1.165) is 18.2 Å². The summed E-state index contributed by atoms with van der Waals surface area (Å²) in [5, 5.41) is 0. The molecule has 37 heavy (non-hydrogen) atoms. The average Bonchev–Trinajstić information content (AvgIpc) is 2.72. The van der Waals surface area contributed by atoms with Gasteiger partial charge in [0.25, 0.3) is 0 Å². The highest BCUT2D eigenvalue weighted by atomic mass is 32.2. The molecule has 0 atom stereocenters. The lowest BCUT2D eigenvalue weighted by Gasteiger charge is -2.42. The summed E-state index contributed by atoms with van der Waals surface area (Å²) < 4.78 is 249. The van der Waals surface area contributed by atoms with Crippen LogP contribution in [0.1, 0.15) is 0 Å². The van der Waals surface area contributed by atoms with Crippen LogP contribution in [0.4, 0.5) is 74.6 Å². The third kappa shape index (κ3) is 4.53. The molecule has 0 fully saturated rings. The van der Waals surface area contributed by atoms with Crippen molar-refractivity contribution in [1.82, 2.24) is 0 Å². The number of benzene rings is 1. The van der Waals surface area contributed by atoms with Crippen LogP contribution in [-0.4, -0.2) is 62.0 Å². The highest BCUT2D eigenvalue weighted by Crippen LogP contribution is 2.64. The van der Waals surface area contributed by atoms with Crippen molar-refractivity contribution >= 4 is 16.1 Å². The fourth-order valence-corrected chi connectivity index (χ4v) is 2.97. The van der Waals surface area contributed by atoms with Crippen molar-refractivity contribution in [3.05, 3.63) is 30.3 Å². The minimum Gasteiger partial charge on any atom is -0.336 e. The summed E-state index contributed by atoms with van der Waals surface area (Å²) in [6.45, 7) is 0. The normalized spacial score (nSPS) is 15.5. The van der Waals surface area contributed by atoms with E-state index in [9.17, 15) is 87.8 Å². The van der Waals surface area contributed by atoms with Crippen LogP contribution >= 0.6 is 0 Å².